The molecule has 2 aromatic rings. The summed E-state index contributed by atoms with van der Waals surface area (Å²) in [6, 6.07) is 0.424. The zero-order valence-electron chi connectivity index (χ0n) is 13.6. The van der Waals surface area contributed by atoms with Crippen molar-refractivity contribution in [2.45, 2.75) is 32.7 Å². The van der Waals surface area contributed by atoms with Crippen LogP contribution in [0.4, 0.5) is 5.82 Å². The van der Waals surface area contributed by atoms with Gasteiger partial charge in [-0.1, -0.05) is 0 Å². The second-order valence-electron chi connectivity index (χ2n) is 5.10. The second-order valence-corrected chi connectivity index (χ2v) is 5.10. The summed E-state index contributed by atoms with van der Waals surface area (Å²) in [5.74, 6) is -1.16. The van der Waals surface area contributed by atoms with Crippen molar-refractivity contribution >= 4 is 28.8 Å². The largest absolute Gasteiger partial charge is 0.481 e. The number of aliphatic carboxylic acids is 2. The molecule has 0 unspecified atom stereocenters. The quantitative estimate of drug-likeness (QED) is 0.581. The predicted octanol–water partition coefficient (Wildman–Crippen LogP) is 0.515. The molecule has 0 atom stereocenters. The van der Waals surface area contributed by atoms with Crippen LogP contribution in [0.5, 0.6) is 0 Å². The highest BCUT2D eigenvalue weighted by atomic mass is 16.4. The van der Waals surface area contributed by atoms with Crippen molar-refractivity contribution in [2.24, 2.45) is 0 Å². The zero-order valence-corrected chi connectivity index (χ0v) is 13.6. The Bertz CT molecular complexity index is 661. The first-order chi connectivity index (χ1) is 11.3. The first kappa shape index (κ1) is 19.3. The highest BCUT2D eigenvalue weighted by Gasteiger charge is 2.18. The fourth-order valence-corrected chi connectivity index (χ4v) is 2.20. The van der Waals surface area contributed by atoms with E-state index in [1.807, 2.05) is 4.68 Å². The molecule has 1 fully saturated rings. The van der Waals surface area contributed by atoms with Gasteiger partial charge < -0.3 is 21.3 Å². The maximum absolute atomic E-state index is 9.00. The van der Waals surface area contributed by atoms with Crippen molar-refractivity contribution in [3.63, 3.8) is 0 Å². The smallest absolute Gasteiger partial charge is 0.300 e. The van der Waals surface area contributed by atoms with Gasteiger partial charge in [0.25, 0.3) is 11.9 Å². The number of carboxylic acid groups (broad SMARTS) is 2. The van der Waals surface area contributed by atoms with Gasteiger partial charge in [-0.2, -0.15) is 5.10 Å². The number of nitrogens with zero attached hydrogens (tertiary/aromatic N) is 4. The molecule has 1 saturated heterocycles. The summed E-state index contributed by atoms with van der Waals surface area (Å²) in [6.07, 6.45) is 5.42. The van der Waals surface area contributed by atoms with Crippen molar-refractivity contribution in [1.29, 1.82) is 0 Å². The third-order valence-electron chi connectivity index (χ3n) is 3.08. The van der Waals surface area contributed by atoms with Gasteiger partial charge >= 0.3 is 0 Å². The lowest BCUT2D eigenvalue weighted by atomic mass is 10.1. The van der Waals surface area contributed by atoms with E-state index in [0.717, 1.165) is 50.8 Å². The van der Waals surface area contributed by atoms with Gasteiger partial charge in [0.15, 0.2) is 5.65 Å². The van der Waals surface area contributed by atoms with Crippen LogP contribution in [0.3, 0.4) is 0 Å². The predicted molar refractivity (Wildman–Crippen MR) is 87.5 cm³/mol. The third kappa shape index (κ3) is 6.16. The minimum atomic E-state index is -0.833. The van der Waals surface area contributed by atoms with Crippen molar-refractivity contribution in [3.8, 4) is 0 Å². The normalized spacial score (nSPS) is 14.1. The van der Waals surface area contributed by atoms with E-state index in [-0.39, 0.29) is 0 Å². The molecule has 3 rings (SSSR count). The van der Waals surface area contributed by atoms with Crippen LogP contribution in [-0.4, -0.2) is 55.0 Å². The molecule has 2 aromatic heterocycles. The van der Waals surface area contributed by atoms with Crippen LogP contribution in [0.2, 0.25) is 0 Å². The van der Waals surface area contributed by atoms with Crippen LogP contribution < -0.4 is 11.1 Å². The SMILES string of the molecule is CC(=O)O.CC(=O)O.Nc1ncnc2c1cnn2C1CCNCC1. The van der Waals surface area contributed by atoms with E-state index in [1.54, 1.807) is 6.20 Å². The molecule has 1 aliphatic heterocycles. The van der Waals surface area contributed by atoms with Crippen molar-refractivity contribution < 1.29 is 19.8 Å². The van der Waals surface area contributed by atoms with Crippen LogP contribution in [0.25, 0.3) is 11.0 Å². The number of carbonyl (C=O) groups is 2. The minimum absolute atomic E-state index is 0.424. The molecule has 10 heteroatoms. The molecule has 3 heterocycles. The average molecular weight is 338 g/mol. The lowest BCUT2D eigenvalue weighted by Crippen LogP contribution is -2.29. The summed E-state index contributed by atoms with van der Waals surface area (Å²) < 4.78 is 1.98. The molecule has 24 heavy (non-hydrogen) atoms. The fourth-order valence-electron chi connectivity index (χ4n) is 2.20. The van der Waals surface area contributed by atoms with Gasteiger partial charge in [-0.25, -0.2) is 14.6 Å². The number of carboxylic acids is 2. The number of hydrogen-bond acceptors (Lipinski definition) is 7. The van der Waals surface area contributed by atoms with E-state index < -0.39 is 11.9 Å². The number of anilines is 1. The number of rotatable bonds is 1. The molecule has 0 saturated carbocycles. The Hall–Kier alpha value is -2.75. The number of nitrogen functional groups attached to an aromatic ring is 1. The Kier molecular flexibility index (Phi) is 7.56. The summed E-state index contributed by atoms with van der Waals surface area (Å²) in [4.78, 5) is 26.2. The minimum Gasteiger partial charge on any atom is -0.481 e. The van der Waals surface area contributed by atoms with E-state index >= 15 is 0 Å². The number of nitrogens with two attached hydrogens (primary N) is 1. The molecule has 132 valence electrons. The van der Waals surface area contributed by atoms with Crippen molar-refractivity contribution in [3.05, 3.63) is 12.5 Å². The van der Waals surface area contributed by atoms with Gasteiger partial charge in [-0.15, -0.1) is 0 Å². The highest BCUT2D eigenvalue weighted by Crippen LogP contribution is 2.23. The van der Waals surface area contributed by atoms with E-state index in [2.05, 4.69) is 20.4 Å². The first-order valence-electron chi connectivity index (χ1n) is 7.36. The zero-order chi connectivity index (χ0) is 18.1. The average Bonchev–Trinajstić information content (AvgIpc) is 2.92. The Labute approximate surface area is 138 Å². The van der Waals surface area contributed by atoms with E-state index in [1.165, 1.54) is 6.33 Å². The molecule has 5 N–H and O–H groups in total. The lowest BCUT2D eigenvalue weighted by molar-refractivity contribution is -0.135. The van der Waals surface area contributed by atoms with Crippen LogP contribution in [0, 0.1) is 0 Å². The molecular formula is C14H22N6O4. The number of nitrogens with one attached hydrogen (secondary N) is 1. The molecule has 0 aliphatic carbocycles. The van der Waals surface area contributed by atoms with Crippen LogP contribution in [0.15, 0.2) is 12.5 Å². The van der Waals surface area contributed by atoms with Crippen LogP contribution >= 0.6 is 0 Å². The van der Waals surface area contributed by atoms with Crippen LogP contribution in [-0.2, 0) is 9.59 Å². The Balaban J connectivity index is 0.000000306. The number of fused-ring (bicyclic) bond motifs is 1. The van der Waals surface area contributed by atoms with Gasteiger partial charge in [0.05, 0.1) is 17.6 Å². The van der Waals surface area contributed by atoms with Gasteiger partial charge in [0.2, 0.25) is 0 Å². The molecule has 1 aliphatic rings. The summed E-state index contributed by atoms with van der Waals surface area (Å²) in [7, 11) is 0. The fraction of sp³-hybridized carbons (Fsp3) is 0.500. The molecular weight excluding hydrogens is 316 g/mol. The van der Waals surface area contributed by atoms with Gasteiger partial charge in [-0.3, -0.25) is 9.59 Å². The monoisotopic (exact) mass is 338 g/mol. The molecule has 10 nitrogen and oxygen atoms in total. The molecule has 0 aromatic carbocycles. The number of piperidine rings is 1. The van der Waals surface area contributed by atoms with Crippen molar-refractivity contribution in [1.82, 2.24) is 25.1 Å². The standard InChI is InChI=1S/C10H14N6.2C2H4O2/c11-9-8-5-15-16(10(8)14-6-13-9)7-1-3-12-4-2-7;2*1-2(3)4/h5-7,12H,1-4H2,(H2,11,13,14);2*1H3,(H,3,4). The molecule has 0 spiro atoms. The van der Waals surface area contributed by atoms with Crippen molar-refractivity contribution in [2.75, 3.05) is 18.8 Å². The van der Waals surface area contributed by atoms with E-state index in [4.69, 9.17) is 25.5 Å². The van der Waals surface area contributed by atoms with Gasteiger partial charge in [0.1, 0.15) is 12.1 Å². The van der Waals surface area contributed by atoms with Gasteiger partial charge in [-0.05, 0) is 25.9 Å². The lowest BCUT2D eigenvalue weighted by Gasteiger charge is -2.23. The summed E-state index contributed by atoms with van der Waals surface area (Å²) in [5, 5.41) is 23.4. The topological polar surface area (TPSA) is 156 Å². The third-order valence-corrected chi connectivity index (χ3v) is 3.08. The Morgan fingerprint density at radius 2 is 1.75 bits per heavy atom. The first-order valence-corrected chi connectivity index (χ1v) is 7.36. The molecule has 0 bridgehead atoms. The maximum atomic E-state index is 9.00. The summed E-state index contributed by atoms with van der Waals surface area (Å²) in [6.45, 7) is 4.24. The second kappa shape index (κ2) is 9.40. The highest BCUT2D eigenvalue weighted by molar-refractivity contribution is 5.84. The molecule has 0 radical (unpaired) electrons. The number of hydrogen-bond donors (Lipinski definition) is 4. The Morgan fingerprint density at radius 1 is 1.21 bits per heavy atom. The summed E-state index contributed by atoms with van der Waals surface area (Å²) >= 11 is 0. The Morgan fingerprint density at radius 3 is 2.29 bits per heavy atom. The maximum Gasteiger partial charge on any atom is 0.300 e. The van der Waals surface area contributed by atoms with Gasteiger partial charge in [0, 0.05) is 13.8 Å². The number of aromatic nitrogens is 4. The van der Waals surface area contributed by atoms with Crippen LogP contribution in [0.1, 0.15) is 32.7 Å². The summed E-state index contributed by atoms with van der Waals surface area (Å²) in [5.41, 5.74) is 6.63. The van der Waals surface area contributed by atoms with E-state index in [9.17, 15) is 0 Å². The molecule has 0 amide bonds. The van der Waals surface area contributed by atoms with E-state index in [0.29, 0.717) is 11.9 Å².